The van der Waals surface area contributed by atoms with Gasteiger partial charge in [0.05, 0.1) is 11.3 Å². The quantitative estimate of drug-likeness (QED) is 0.401. The number of amides is 1. The smallest absolute Gasteiger partial charge is 0.267 e. The molecule has 8 heteroatoms. The van der Waals surface area contributed by atoms with Crippen molar-refractivity contribution in [3.8, 4) is 0 Å². The lowest BCUT2D eigenvalue weighted by Crippen LogP contribution is -2.49. The van der Waals surface area contributed by atoms with Gasteiger partial charge >= 0.3 is 0 Å². The number of carbonyl (C=O) groups excluding carboxylic acids is 1. The molecular formula is C12H23NO6S. The van der Waals surface area contributed by atoms with E-state index in [1.165, 1.54) is 0 Å². The van der Waals surface area contributed by atoms with Crippen LogP contribution in [0.25, 0.3) is 0 Å². The summed E-state index contributed by atoms with van der Waals surface area (Å²) in [4.78, 5) is 12.0. The number of hydrogen-bond donors (Lipinski definition) is 4. The molecule has 7 nitrogen and oxygen atoms in total. The zero-order chi connectivity index (χ0) is 15.5. The Bertz CT molecular complexity index is 435. The lowest BCUT2D eigenvalue weighted by molar-refractivity contribution is -0.132. The van der Waals surface area contributed by atoms with Crippen molar-refractivity contribution < 1.29 is 28.0 Å². The van der Waals surface area contributed by atoms with Crippen molar-refractivity contribution in [2.45, 2.75) is 57.1 Å². The molecule has 2 unspecified atom stereocenters. The molecule has 1 fully saturated rings. The topological polar surface area (TPSA) is 124 Å². The molecule has 4 atom stereocenters. The van der Waals surface area contributed by atoms with Crippen LogP contribution in [0.15, 0.2) is 0 Å². The molecule has 4 N–H and O–H groups in total. The van der Waals surface area contributed by atoms with Gasteiger partial charge in [-0.2, -0.15) is 8.42 Å². The standard InChI is InChI=1S/C12H23NO6S/c1-3-7(2)10(12(15)16)13-11(14)8-4-5-9(6-8)20(17,18)19/h7-10,12,15-16H,3-6H2,1-2H3,(H,13,14)(H,17,18,19)/t7-,8?,9?,10-/m0/s1. The van der Waals surface area contributed by atoms with Crippen molar-refractivity contribution in [3.05, 3.63) is 0 Å². The number of carbonyl (C=O) groups is 1. The zero-order valence-corrected chi connectivity index (χ0v) is 12.5. The minimum Gasteiger partial charge on any atom is -0.366 e. The monoisotopic (exact) mass is 309 g/mol. The van der Waals surface area contributed by atoms with E-state index in [1.54, 1.807) is 6.92 Å². The van der Waals surface area contributed by atoms with Gasteiger partial charge in [0.2, 0.25) is 5.91 Å². The minimum atomic E-state index is -4.11. The van der Waals surface area contributed by atoms with Crippen LogP contribution in [0.5, 0.6) is 0 Å². The molecule has 0 aromatic carbocycles. The normalized spacial score (nSPS) is 26.5. The zero-order valence-electron chi connectivity index (χ0n) is 11.7. The van der Waals surface area contributed by atoms with Crippen LogP contribution in [0.1, 0.15) is 39.5 Å². The summed E-state index contributed by atoms with van der Waals surface area (Å²) in [5.41, 5.74) is 0. The van der Waals surface area contributed by atoms with Crippen LogP contribution in [-0.2, 0) is 14.9 Å². The fourth-order valence-electron chi connectivity index (χ4n) is 2.50. The van der Waals surface area contributed by atoms with Crippen molar-refractivity contribution in [1.82, 2.24) is 5.32 Å². The van der Waals surface area contributed by atoms with E-state index in [2.05, 4.69) is 5.32 Å². The SMILES string of the molecule is CC[C@H](C)[C@H](NC(=O)C1CCC(S(=O)(=O)O)C1)C(O)O. The van der Waals surface area contributed by atoms with Crippen LogP contribution in [0.3, 0.4) is 0 Å². The largest absolute Gasteiger partial charge is 0.366 e. The van der Waals surface area contributed by atoms with Crippen molar-refractivity contribution in [2.24, 2.45) is 11.8 Å². The van der Waals surface area contributed by atoms with Gasteiger partial charge in [0.15, 0.2) is 6.29 Å². The fraction of sp³-hybridized carbons (Fsp3) is 0.917. The Balaban J connectivity index is 2.63. The molecular weight excluding hydrogens is 286 g/mol. The fourth-order valence-corrected chi connectivity index (χ4v) is 3.40. The first kappa shape index (κ1) is 17.4. The van der Waals surface area contributed by atoms with Crippen molar-refractivity contribution in [1.29, 1.82) is 0 Å². The summed E-state index contributed by atoms with van der Waals surface area (Å²) in [5, 5.41) is 20.2. The lowest BCUT2D eigenvalue weighted by Gasteiger charge is -2.27. The highest BCUT2D eigenvalue weighted by Crippen LogP contribution is 2.30. The van der Waals surface area contributed by atoms with Crippen LogP contribution in [0.2, 0.25) is 0 Å². The average Bonchev–Trinajstić information content (AvgIpc) is 2.83. The first-order chi connectivity index (χ1) is 9.16. The highest BCUT2D eigenvalue weighted by Gasteiger charge is 2.38. The molecule has 1 amide bonds. The Morgan fingerprint density at radius 3 is 2.35 bits per heavy atom. The van der Waals surface area contributed by atoms with E-state index in [0.29, 0.717) is 12.8 Å². The first-order valence-electron chi connectivity index (χ1n) is 6.79. The molecule has 0 heterocycles. The molecule has 0 bridgehead atoms. The summed E-state index contributed by atoms with van der Waals surface area (Å²) in [5.74, 6) is -1.03. The molecule has 118 valence electrons. The summed E-state index contributed by atoms with van der Waals surface area (Å²) in [6.45, 7) is 3.66. The highest BCUT2D eigenvalue weighted by molar-refractivity contribution is 7.86. The molecule has 0 aromatic heterocycles. The van der Waals surface area contributed by atoms with Gasteiger partial charge in [-0.15, -0.1) is 0 Å². The lowest BCUT2D eigenvalue weighted by atomic mass is 9.97. The Hall–Kier alpha value is -0.700. The summed E-state index contributed by atoms with van der Waals surface area (Å²) in [6, 6.07) is -0.780. The number of rotatable bonds is 6. The van der Waals surface area contributed by atoms with Crippen LogP contribution >= 0.6 is 0 Å². The highest BCUT2D eigenvalue weighted by atomic mass is 32.2. The Morgan fingerprint density at radius 2 is 1.95 bits per heavy atom. The second kappa shape index (κ2) is 6.84. The van der Waals surface area contributed by atoms with Gasteiger partial charge < -0.3 is 15.5 Å². The summed E-state index contributed by atoms with van der Waals surface area (Å²) >= 11 is 0. The third-order valence-corrected chi connectivity index (χ3v) is 5.33. The third kappa shape index (κ3) is 4.41. The Labute approximate surface area is 119 Å². The predicted octanol–water partition coefficient (Wildman–Crippen LogP) is -0.115. The number of aliphatic hydroxyl groups excluding tert-OH is 1. The summed E-state index contributed by atoms with van der Waals surface area (Å²) < 4.78 is 31.0. The molecule has 0 aromatic rings. The first-order valence-corrected chi connectivity index (χ1v) is 8.30. The summed E-state index contributed by atoms with van der Waals surface area (Å²) in [6.07, 6.45) is -0.314. The number of aliphatic hydroxyl groups is 2. The van der Waals surface area contributed by atoms with Gasteiger partial charge in [0.1, 0.15) is 0 Å². The van der Waals surface area contributed by atoms with Crippen LogP contribution in [0.4, 0.5) is 0 Å². The van der Waals surface area contributed by atoms with Gasteiger partial charge in [-0.3, -0.25) is 9.35 Å². The van der Waals surface area contributed by atoms with E-state index in [9.17, 15) is 23.4 Å². The maximum atomic E-state index is 12.0. The molecule has 20 heavy (non-hydrogen) atoms. The summed E-state index contributed by atoms with van der Waals surface area (Å²) in [7, 11) is -4.11. The van der Waals surface area contributed by atoms with Crippen LogP contribution in [-0.4, -0.2) is 46.7 Å². The van der Waals surface area contributed by atoms with Gasteiger partial charge in [0, 0.05) is 5.92 Å². The molecule has 1 aliphatic rings. The molecule has 0 radical (unpaired) electrons. The minimum absolute atomic E-state index is 0.0689. The van der Waals surface area contributed by atoms with E-state index in [4.69, 9.17) is 4.55 Å². The van der Waals surface area contributed by atoms with E-state index >= 15 is 0 Å². The molecule has 1 saturated carbocycles. The average molecular weight is 309 g/mol. The van der Waals surface area contributed by atoms with E-state index in [-0.39, 0.29) is 18.8 Å². The number of hydrogen-bond acceptors (Lipinski definition) is 5. The van der Waals surface area contributed by atoms with Gasteiger partial charge in [0.25, 0.3) is 10.1 Å². The second-order valence-corrected chi connectivity index (χ2v) is 7.18. The molecule has 0 aliphatic heterocycles. The molecule has 0 spiro atoms. The van der Waals surface area contributed by atoms with Crippen molar-refractivity contribution in [3.63, 3.8) is 0 Å². The Kier molecular flexibility index (Phi) is 5.93. The maximum absolute atomic E-state index is 12.0. The van der Waals surface area contributed by atoms with Crippen LogP contribution in [0, 0.1) is 11.8 Å². The van der Waals surface area contributed by atoms with E-state index in [1.807, 2.05) is 6.92 Å². The van der Waals surface area contributed by atoms with E-state index < -0.39 is 39.5 Å². The van der Waals surface area contributed by atoms with Gasteiger partial charge in [-0.05, 0) is 25.2 Å². The van der Waals surface area contributed by atoms with Crippen LogP contribution < -0.4 is 5.32 Å². The van der Waals surface area contributed by atoms with Crippen molar-refractivity contribution in [2.75, 3.05) is 0 Å². The van der Waals surface area contributed by atoms with Gasteiger partial charge in [-0.1, -0.05) is 20.3 Å². The maximum Gasteiger partial charge on any atom is 0.267 e. The van der Waals surface area contributed by atoms with E-state index in [0.717, 1.165) is 0 Å². The third-order valence-electron chi connectivity index (χ3n) is 4.06. The number of nitrogens with one attached hydrogen (secondary N) is 1. The molecule has 0 saturated heterocycles. The van der Waals surface area contributed by atoms with Gasteiger partial charge in [-0.25, -0.2) is 0 Å². The second-order valence-electron chi connectivity index (χ2n) is 5.48. The van der Waals surface area contributed by atoms with Crippen molar-refractivity contribution >= 4 is 16.0 Å². The molecule has 1 rings (SSSR count). The predicted molar refractivity (Wildman–Crippen MR) is 72.3 cm³/mol. The Morgan fingerprint density at radius 1 is 1.35 bits per heavy atom. The molecule has 1 aliphatic carbocycles.